The molecular weight excluding hydrogens is 513 g/mol. The first-order valence-corrected chi connectivity index (χ1v) is 14.5. The molecule has 2 saturated carbocycles. The zero-order valence-corrected chi connectivity index (χ0v) is 18.3. The summed E-state index contributed by atoms with van der Waals surface area (Å²) in [4.78, 5) is 0. The van der Waals surface area contributed by atoms with Gasteiger partial charge in [0.05, 0.1) is 0 Å². The Kier molecular flexibility index (Phi) is 4.72. The summed E-state index contributed by atoms with van der Waals surface area (Å²) in [6.45, 7) is 8.88. The van der Waals surface area contributed by atoms with E-state index >= 15 is 0 Å². The Balaban J connectivity index is 1.74. The molecule has 4 rings (SSSR count). The molecule has 2 aliphatic carbocycles. The van der Waals surface area contributed by atoms with Crippen LogP contribution in [0.25, 0.3) is 0 Å². The van der Waals surface area contributed by atoms with E-state index in [9.17, 15) is 4.39 Å². The Labute approximate surface area is 156 Å². The van der Waals surface area contributed by atoms with E-state index in [-0.39, 0.29) is 26.6 Å². The van der Waals surface area contributed by atoms with E-state index in [0.29, 0.717) is 5.92 Å². The summed E-state index contributed by atoms with van der Waals surface area (Å²) < 4.78 is 21.5. The van der Waals surface area contributed by atoms with E-state index in [1.165, 1.54) is 46.8 Å². The molecule has 0 bridgehead atoms. The third-order valence-electron chi connectivity index (χ3n) is 5.31. The summed E-state index contributed by atoms with van der Waals surface area (Å²) in [7, 11) is 0. The summed E-state index contributed by atoms with van der Waals surface area (Å²) >= 11 is -1.45. The number of allylic oxidation sites excluding steroid dienone is 5. The summed E-state index contributed by atoms with van der Waals surface area (Å²) in [6.07, 6.45) is 9.52. The summed E-state index contributed by atoms with van der Waals surface area (Å²) in [5, 5.41) is 0. The molecule has 0 amide bonds. The quantitative estimate of drug-likeness (QED) is 0.264. The van der Waals surface area contributed by atoms with Crippen LogP contribution in [-0.2, 0) is 0 Å². The van der Waals surface area contributed by atoms with Crippen molar-refractivity contribution in [2.24, 2.45) is 11.8 Å². The van der Waals surface area contributed by atoms with Crippen LogP contribution in [0.1, 0.15) is 52.4 Å². The molecule has 0 aromatic heterocycles. The molecule has 2 aliphatic heterocycles. The number of halogens is 3. The number of alkyl halides is 1. The first-order chi connectivity index (χ1) is 11.1. The second kappa shape index (κ2) is 6.50. The predicted octanol–water partition coefficient (Wildman–Crippen LogP) is 7.18. The van der Waals surface area contributed by atoms with Crippen molar-refractivity contribution in [2.45, 2.75) is 56.3 Å². The van der Waals surface area contributed by atoms with Crippen LogP contribution in [0.3, 0.4) is 0 Å². The molecule has 0 nitrogen and oxygen atoms in total. The minimum absolute atomic E-state index is 0.126. The molecule has 126 valence electrons. The van der Waals surface area contributed by atoms with Crippen LogP contribution in [0.4, 0.5) is 4.39 Å². The first kappa shape index (κ1) is 16.7. The fraction of sp³-hybridized carbons (Fsp3) is 0.550. The van der Waals surface area contributed by atoms with E-state index in [4.69, 9.17) is 0 Å². The van der Waals surface area contributed by atoms with Gasteiger partial charge in [-0.2, -0.15) is 0 Å². The molecule has 4 aliphatic rings. The van der Waals surface area contributed by atoms with Gasteiger partial charge in [-0.25, -0.2) is 0 Å². The fourth-order valence-corrected chi connectivity index (χ4v) is 18.8. The number of hydrogen-bond acceptors (Lipinski definition) is 0. The van der Waals surface area contributed by atoms with Gasteiger partial charge in [-0.3, -0.25) is 0 Å². The second-order valence-electron chi connectivity index (χ2n) is 7.21. The Hall–Kier alpha value is 0.220. The summed E-state index contributed by atoms with van der Waals surface area (Å²) in [5.74, 6) is 1.45. The van der Waals surface area contributed by atoms with Crippen LogP contribution in [0.2, 0.25) is 0 Å². The molecule has 0 aromatic carbocycles. The van der Waals surface area contributed by atoms with E-state index in [1.54, 1.807) is 1.59 Å². The van der Waals surface area contributed by atoms with Crippen molar-refractivity contribution in [1.29, 1.82) is 0 Å². The van der Waals surface area contributed by atoms with E-state index in [1.807, 2.05) is 6.08 Å². The molecular formula is C20H25FI2. The van der Waals surface area contributed by atoms with Gasteiger partial charge in [0.25, 0.3) is 0 Å². The molecule has 23 heavy (non-hydrogen) atoms. The normalized spacial score (nSPS) is 32.9. The summed E-state index contributed by atoms with van der Waals surface area (Å²) in [5.41, 5.74) is 3.82. The minimum atomic E-state index is -1.20. The SMILES string of the molecule is C=C1C(CC)=CI(C2CC2)C2=C1C=C(F)C(C1CC[C@H](C)C1)=I2. The number of rotatable bonds is 3. The van der Waals surface area contributed by atoms with Gasteiger partial charge in [0.15, 0.2) is 0 Å². The van der Waals surface area contributed by atoms with Gasteiger partial charge in [-0.1, -0.05) is 0 Å². The Morgan fingerprint density at radius 1 is 1.30 bits per heavy atom. The molecule has 0 spiro atoms. The molecule has 0 N–H and O–H groups in total. The van der Waals surface area contributed by atoms with Crippen molar-refractivity contribution in [2.75, 3.05) is 0 Å². The Bertz CT molecular complexity index is 676. The third-order valence-corrected chi connectivity index (χ3v) is 19.1. The van der Waals surface area contributed by atoms with Gasteiger partial charge < -0.3 is 0 Å². The molecule has 0 saturated heterocycles. The van der Waals surface area contributed by atoms with Crippen molar-refractivity contribution < 1.29 is 4.39 Å². The molecule has 3 heteroatoms. The van der Waals surface area contributed by atoms with Crippen molar-refractivity contribution in [1.82, 2.24) is 0 Å². The van der Waals surface area contributed by atoms with Crippen LogP contribution in [0.5, 0.6) is 0 Å². The van der Waals surface area contributed by atoms with Gasteiger partial charge in [-0.15, -0.1) is 0 Å². The molecule has 0 aromatic rings. The fourth-order valence-electron chi connectivity index (χ4n) is 3.75. The zero-order valence-electron chi connectivity index (χ0n) is 14.0. The standard InChI is InChI=1S/C20H25FI2/c1-4-14-11-23(16-7-8-16)20-17(13(14)3)10-18(21)19(22-20)15-6-5-12(2)9-15/h10-12,15-16H,3-9H2,1-2H3/t12-,15?/m0/s1. The average Bonchev–Trinajstić information content (AvgIpc) is 3.29. The van der Waals surface area contributed by atoms with Crippen molar-refractivity contribution >= 4 is 44.1 Å². The maximum absolute atomic E-state index is 14.9. The number of hydrogen-bond donors (Lipinski definition) is 0. The average molecular weight is 538 g/mol. The van der Waals surface area contributed by atoms with Crippen molar-refractivity contribution in [3.05, 3.63) is 40.9 Å². The Morgan fingerprint density at radius 3 is 2.70 bits per heavy atom. The van der Waals surface area contributed by atoms with Gasteiger partial charge in [0, 0.05) is 0 Å². The monoisotopic (exact) mass is 538 g/mol. The Morgan fingerprint density at radius 2 is 2.09 bits per heavy atom. The van der Waals surface area contributed by atoms with Crippen molar-refractivity contribution in [3.63, 3.8) is 0 Å². The summed E-state index contributed by atoms with van der Waals surface area (Å²) in [6, 6.07) is 0. The molecule has 2 fully saturated rings. The van der Waals surface area contributed by atoms with Crippen molar-refractivity contribution in [3.8, 4) is 0 Å². The molecule has 2 heterocycles. The first-order valence-electron chi connectivity index (χ1n) is 8.79. The molecule has 0 radical (unpaired) electrons. The van der Waals surface area contributed by atoms with Gasteiger partial charge in [0.1, 0.15) is 0 Å². The van der Waals surface area contributed by atoms with Crippen LogP contribution >= 0.6 is 40.6 Å². The van der Waals surface area contributed by atoms with E-state index in [2.05, 4.69) is 24.5 Å². The van der Waals surface area contributed by atoms with Gasteiger partial charge in [0.2, 0.25) is 0 Å². The second-order valence-corrected chi connectivity index (χ2v) is 17.5. The molecule has 1 unspecified atom stereocenters. The van der Waals surface area contributed by atoms with Gasteiger partial charge >= 0.3 is 157 Å². The van der Waals surface area contributed by atoms with Crippen LogP contribution in [0, 0.1) is 11.8 Å². The van der Waals surface area contributed by atoms with E-state index < -0.39 is 19.8 Å². The van der Waals surface area contributed by atoms with Gasteiger partial charge in [-0.05, 0) is 0 Å². The molecule has 2 atom stereocenters. The maximum atomic E-state index is 14.9. The predicted molar refractivity (Wildman–Crippen MR) is 116 cm³/mol. The van der Waals surface area contributed by atoms with Crippen LogP contribution < -0.4 is 0 Å². The zero-order chi connectivity index (χ0) is 16.1. The van der Waals surface area contributed by atoms with Crippen LogP contribution in [0.15, 0.2) is 40.9 Å². The van der Waals surface area contributed by atoms with Crippen LogP contribution in [-0.4, -0.2) is 7.43 Å². The van der Waals surface area contributed by atoms with E-state index in [0.717, 1.165) is 21.8 Å². The third kappa shape index (κ3) is 3.09. The topological polar surface area (TPSA) is 0 Å².